The molecule has 5 nitrogen and oxygen atoms in total. The number of carbonyl (C=O) groups is 1. The van der Waals surface area contributed by atoms with Gasteiger partial charge in [-0.15, -0.1) is 0 Å². The van der Waals surface area contributed by atoms with Crippen molar-refractivity contribution >= 4 is 24.3 Å². The lowest BCUT2D eigenvalue weighted by atomic mass is 9.79. The summed E-state index contributed by atoms with van der Waals surface area (Å²) in [5.74, 6) is 0. The van der Waals surface area contributed by atoms with Crippen LogP contribution in [0.1, 0.15) is 33.3 Å². The fraction of sp³-hybridized carbons (Fsp3) is 0.350. The highest BCUT2D eigenvalue weighted by atomic mass is 16.7. The normalized spacial score (nSPS) is 17.8. The average Bonchev–Trinajstić information content (AvgIpc) is 2.82. The second-order valence-electron chi connectivity index (χ2n) is 7.51. The molecule has 6 heteroatoms. The molecule has 0 bridgehead atoms. The minimum atomic E-state index is -0.450. The lowest BCUT2D eigenvalue weighted by Crippen LogP contribution is -2.41. The third-order valence-corrected chi connectivity index (χ3v) is 4.97. The van der Waals surface area contributed by atoms with Crippen LogP contribution in [0.15, 0.2) is 54.6 Å². The molecule has 1 saturated heterocycles. The van der Waals surface area contributed by atoms with E-state index in [0.717, 1.165) is 11.0 Å². The molecule has 26 heavy (non-hydrogen) atoms. The maximum Gasteiger partial charge on any atom is 0.494 e. The Morgan fingerprint density at radius 1 is 0.962 bits per heavy atom. The van der Waals surface area contributed by atoms with Crippen LogP contribution in [-0.4, -0.2) is 24.4 Å². The molecule has 2 amide bonds. The zero-order chi connectivity index (χ0) is 18.8. The highest BCUT2D eigenvalue weighted by Crippen LogP contribution is 2.36. The Hall–Kier alpha value is -2.31. The van der Waals surface area contributed by atoms with Crippen LogP contribution in [0.5, 0.6) is 0 Å². The quantitative estimate of drug-likeness (QED) is 0.830. The highest BCUT2D eigenvalue weighted by molar-refractivity contribution is 6.62. The molecule has 2 N–H and O–H groups in total. The number of benzene rings is 2. The van der Waals surface area contributed by atoms with Crippen LogP contribution >= 0.6 is 0 Å². The molecule has 1 aliphatic rings. The van der Waals surface area contributed by atoms with Crippen molar-refractivity contribution in [1.82, 2.24) is 5.32 Å². The highest BCUT2D eigenvalue weighted by Gasteiger charge is 2.51. The van der Waals surface area contributed by atoms with Crippen LogP contribution in [0.3, 0.4) is 0 Å². The molecule has 0 unspecified atom stereocenters. The van der Waals surface area contributed by atoms with Crippen molar-refractivity contribution in [2.24, 2.45) is 0 Å². The van der Waals surface area contributed by atoms with Gasteiger partial charge in [0.1, 0.15) is 0 Å². The van der Waals surface area contributed by atoms with Gasteiger partial charge in [-0.25, -0.2) is 4.79 Å². The maximum absolute atomic E-state index is 12.1. The average molecular weight is 352 g/mol. The van der Waals surface area contributed by atoms with Crippen LogP contribution in [0, 0.1) is 0 Å². The van der Waals surface area contributed by atoms with Gasteiger partial charge in [0.2, 0.25) is 0 Å². The second-order valence-corrected chi connectivity index (χ2v) is 7.51. The molecule has 0 radical (unpaired) electrons. The number of anilines is 1. The van der Waals surface area contributed by atoms with Gasteiger partial charge in [0.05, 0.1) is 11.2 Å². The SMILES string of the molecule is CC1(C)OB(c2cccc(NC(=O)NCc3ccccc3)c2)OC1(C)C. The van der Waals surface area contributed by atoms with Crippen LogP contribution in [0.2, 0.25) is 0 Å². The van der Waals surface area contributed by atoms with Crippen molar-refractivity contribution in [3.8, 4) is 0 Å². The van der Waals surface area contributed by atoms with Crippen molar-refractivity contribution < 1.29 is 14.1 Å². The topological polar surface area (TPSA) is 59.6 Å². The van der Waals surface area contributed by atoms with Gasteiger partial charge >= 0.3 is 13.1 Å². The molecular formula is C20H25BN2O3. The standard InChI is InChI=1S/C20H25BN2O3/c1-19(2)20(3,4)26-21(25-19)16-11-8-12-17(13-16)23-18(24)22-14-15-9-6-5-7-10-15/h5-13H,14H2,1-4H3,(H2,22,23,24). The lowest BCUT2D eigenvalue weighted by Gasteiger charge is -2.32. The van der Waals surface area contributed by atoms with E-state index in [1.54, 1.807) is 0 Å². The Labute approximate surface area is 155 Å². The Bertz CT molecular complexity index is 762. The molecule has 136 valence electrons. The summed E-state index contributed by atoms with van der Waals surface area (Å²) in [6.45, 7) is 8.56. The van der Waals surface area contributed by atoms with E-state index in [4.69, 9.17) is 9.31 Å². The number of hydrogen-bond acceptors (Lipinski definition) is 3. The minimum absolute atomic E-state index is 0.250. The van der Waals surface area contributed by atoms with Gasteiger partial charge in [0.15, 0.2) is 0 Å². The van der Waals surface area contributed by atoms with Crippen molar-refractivity contribution in [3.05, 3.63) is 60.2 Å². The summed E-state index contributed by atoms with van der Waals surface area (Å²) in [5, 5.41) is 5.71. The monoisotopic (exact) mass is 352 g/mol. The number of urea groups is 1. The summed E-state index contributed by atoms with van der Waals surface area (Å²) in [4.78, 5) is 12.1. The Morgan fingerprint density at radius 2 is 1.62 bits per heavy atom. The van der Waals surface area contributed by atoms with Crippen LogP contribution < -0.4 is 16.1 Å². The third-order valence-electron chi connectivity index (χ3n) is 4.97. The van der Waals surface area contributed by atoms with Crippen molar-refractivity contribution in [2.75, 3.05) is 5.32 Å². The minimum Gasteiger partial charge on any atom is -0.399 e. The predicted octanol–water partition coefficient (Wildman–Crippen LogP) is 3.31. The van der Waals surface area contributed by atoms with Crippen LogP contribution in [0.25, 0.3) is 0 Å². The van der Waals surface area contributed by atoms with Crippen molar-refractivity contribution in [1.29, 1.82) is 0 Å². The van der Waals surface area contributed by atoms with E-state index in [9.17, 15) is 4.79 Å². The van der Waals surface area contributed by atoms with Crippen molar-refractivity contribution in [2.45, 2.75) is 45.4 Å². The number of amides is 2. The first kappa shape index (κ1) is 18.5. The summed E-state index contributed by atoms with van der Waals surface area (Å²) in [5.41, 5.74) is 1.84. The lowest BCUT2D eigenvalue weighted by molar-refractivity contribution is 0.00578. The fourth-order valence-electron chi connectivity index (χ4n) is 2.70. The molecule has 1 heterocycles. The largest absolute Gasteiger partial charge is 0.494 e. The number of carbonyl (C=O) groups excluding carboxylic acids is 1. The zero-order valence-corrected chi connectivity index (χ0v) is 15.7. The van der Waals surface area contributed by atoms with Gasteiger partial charge in [-0.05, 0) is 50.9 Å². The van der Waals surface area contributed by atoms with Crippen LogP contribution in [0.4, 0.5) is 10.5 Å². The molecular weight excluding hydrogens is 327 g/mol. The number of hydrogen-bond donors (Lipinski definition) is 2. The Kier molecular flexibility index (Phi) is 5.07. The predicted molar refractivity (Wildman–Crippen MR) is 104 cm³/mol. The van der Waals surface area contributed by atoms with Gasteiger partial charge in [-0.1, -0.05) is 42.5 Å². The van der Waals surface area contributed by atoms with E-state index in [1.165, 1.54) is 0 Å². The zero-order valence-electron chi connectivity index (χ0n) is 15.7. The van der Waals surface area contributed by atoms with E-state index < -0.39 is 18.3 Å². The first-order valence-electron chi connectivity index (χ1n) is 8.81. The summed E-state index contributed by atoms with van der Waals surface area (Å²) >= 11 is 0. The summed E-state index contributed by atoms with van der Waals surface area (Å²) in [6, 6.07) is 17.1. The van der Waals surface area contributed by atoms with E-state index in [2.05, 4.69) is 10.6 Å². The van der Waals surface area contributed by atoms with Gasteiger partial charge in [0.25, 0.3) is 0 Å². The van der Waals surface area contributed by atoms with E-state index in [0.29, 0.717) is 12.2 Å². The summed E-state index contributed by atoms with van der Waals surface area (Å²) < 4.78 is 12.1. The smallest absolute Gasteiger partial charge is 0.399 e. The molecule has 0 aliphatic carbocycles. The van der Waals surface area contributed by atoms with Crippen molar-refractivity contribution in [3.63, 3.8) is 0 Å². The molecule has 1 aliphatic heterocycles. The number of nitrogens with one attached hydrogen (secondary N) is 2. The molecule has 2 aromatic carbocycles. The van der Waals surface area contributed by atoms with E-state index in [-0.39, 0.29) is 6.03 Å². The van der Waals surface area contributed by atoms with Gasteiger partial charge in [-0.2, -0.15) is 0 Å². The maximum atomic E-state index is 12.1. The van der Waals surface area contributed by atoms with E-state index >= 15 is 0 Å². The molecule has 2 aromatic rings. The van der Waals surface area contributed by atoms with Crippen LogP contribution in [-0.2, 0) is 15.9 Å². The van der Waals surface area contributed by atoms with Gasteiger partial charge in [0, 0.05) is 12.2 Å². The molecule has 0 spiro atoms. The first-order valence-corrected chi connectivity index (χ1v) is 8.81. The Balaban J connectivity index is 1.62. The third kappa shape index (κ3) is 4.08. The molecule has 1 fully saturated rings. The molecule has 0 saturated carbocycles. The first-order chi connectivity index (χ1) is 12.3. The summed E-state index contributed by atoms with van der Waals surface area (Å²) in [6.07, 6.45) is 0. The van der Waals surface area contributed by atoms with E-state index in [1.807, 2.05) is 82.3 Å². The molecule has 3 rings (SSSR count). The molecule has 0 aromatic heterocycles. The second kappa shape index (κ2) is 7.13. The van der Waals surface area contributed by atoms with Gasteiger partial charge < -0.3 is 19.9 Å². The summed E-state index contributed by atoms with van der Waals surface area (Å²) in [7, 11) is -0.450. The Morgan fingerprint density at radius 3 is 2.27 bits per heavy atom. The van der Waals surface area contributed by atoms with Gasteiger partial charge in [-0.3, -0.25) is 0 Å². The molecule has 0 atom stereocenters. The number of rotatable bonds is 4. The fourth-order valence-corrected chi connectivity index (χ4v) is 2.70.